The fourth-order valence-electron chi connectivity index (χ4n) is 3.16. The van der Waals surface area contributed by atoms with Gasteiger partial charge in [-0.25, -0.2) is 0 Å². The molecule has 0 unspecified atom stereocenters. The molecule has 0 aromatic heterocycles. The molecule has 1 fully saturated rings. The number of nitrogens with one attached hydrogen (secondary N) is 1. The topological polar surface area (TPSA) is 44.8 Å². The van der Waals surface area contributed by atoms with Gasteiger partial charge in [-0.2, -0.15) is 0 Å². The third-order valence-corrected chi connectivity index (χ3v) is 4.72. The number of dihydropyridines is 1. The van der Waals surface area contributed by atoms with Crippen molar-refractivity contribution in [1.82, 2.24) is 15.1 Å². The molecule has 0 aromatic carbocycles. The van der Waals surface area contributed by atoms with Gasteiger partial charge in [0.05, 0.1) is 13.2 Å². The Kier molecular flexibility index (Phi) is 6.14. The average molecular weight is 365 g/mol. The van der Waals surface area contributed by atoms with Crippen LogP contribution in [-0.4, -0.2) is 48.6 Å². The zero-order chi connectivity index (χ0) is 19.2. The first-order valence-electron chi connectivity index (χ1n) is 9.26. The molecular formula is C22H27N3O2. The summed E-state index contributed by atoms with van der Waals surface area (Å²) in [5.41, 5.74) is 4.73. The van der Waals surface area contributed by atoms with Crippen molar-refractivity contribution in [3.05, 3.63) is 83.5 Å². The van der Waals surface area contributed by atoms with E-state index in [4.69, 9.17) is 4.74 Å². The molecule has 27 heavy (non-hydrogen) atoms. The van der Waals surface area contributed by atoms with Gasteiger partial charge < -0.3 is 15.0 Å². The second kappa shape index (κ2) is 8.73. The minimum atomic E-state index is -0.0803. The maximum atomic E-state index is 12.9. The van der Waals surface area contributed by atoms with Crippen LogP contribution in [0.2, 0.25) is 0 Å². The molecule has 3 heterocycles. The number of allylic oxidation sites excluding steroid dienone is 7. The number of hydrogen-bond donors (Lipinski definition) is 1. The van der Waals surface area contributed by atoms with Crippen LogP contribution in [0.5, 0.6) is 0 Å². The van der Waals surface area contributed by atoms with Crippen molar-refractivity contribution < 1.29 is 9.53 Å². The van der Waals surface area contributed by atoms with E-state index in [1.165, 1.54) is 0 Å². The van der Waals surface area contributed by atoms with E-state index in [0.717, 1.165) is 42.1 Å². The second-order valence-corrected chi connectivity index (χ2v) is 6.79. The number of ether oxygens (including phenoxy) is 1. The van der Waals surface area contributed by atoms with E-state index in [1.54, 1.807) is 11.0 Å². The van der Waals surface area contributed by atoms with E-state index in [2.05, 4.69) is 22.9 Å². The largest absolute Gasteiger partial charge is 0.387 e. The van der Waals surface area contributed by atoms with Crippen molar-refractivity contribution in [2.75, 3.05) is 32.8 Å². The number of morpholine rings is 1. The van der Waals surface area contributed by atoms with Gasteiger partial charge in [-0.3, -0.25) is 9.69 Å². The predicted molar refractivity (Wildman–Crippen MR) is 108 cm³/mol. The summed E-state index contributed by atoms with van der Waals surface area (Å²) in [7, 11) is 0. The predicted octanol–water partition coefficient (Wildman–Crippen LogP) is 3.01. The van der Waals surface area contributed by atoms with Crippen molar-refractivity contribution in [3.63, 3.8) is 0 Å². The van der Waals surface area contributed by atoms with E-state index < -0.39 is 0 Å². The van der Waals surface area contributed by atoms with E-state index >= 15 is 0 Å². The van der Waals surface area contributed by atoms with Crippen LogP contribution in [0.3, 0.4) is 0 Å². The maximum Gasteiger partial charge on any atom is 0.256 e. The average Bonchev–Trinajstić information content (AvgIpc) is 2.69. The lowest BCUT2D eigenvalue weighted by molar-refractivity contribution is -0.122. The molecule has 3 aliphatic heterocycles. The summed E-state index contributed by atoms with van der Waals surface area (Å²) in [6.45, 7) is 12.0. The van der Waals surface area contributed by atoms with E-state index in [-0.39, 0.29) is 5.91 Å². The minimum Gasteiger partial charge on any atom is -0.387 e. The van der Waals surface area contributed by atoms with Gasteiger partial charge in [-0.05, 0) is 48.9 Å². The smallest absolute Gasteiger partial charge is 0.256 e. The number of nitrogens with zero attached hydrogens (tertiary/aromatic N) is 2. The molecule has 0 radical (unpaired) electrons. The Morgan fingerprint density at radius 3 is 2.78 bits per heavy atom. The van der Waals surface area contributed by atoms with Crippen LogP contribution in [0.1, 0.15) is 13.8 Å². The molecule has 0 bridgehead atoms. The Balaban J connectivity index is 1.72. The van der Waals surface area contributed by atoms with E-state index in [0.29, 0.717) is 18.9 Å². The molecular weight excluding hydrogens is 338 g/mol. The summed E-state index contributed by atoms with van der Waals surface area (Å²) in [4.78, 5) is 16.7. The summed E-state index contributed by atoms with van der Waals surface area (Å²) >= 11 is 0. The van der Waals surface area contributed by atoms with Gasteiger partial charge in [0.1, 0.15) is 0 Å². The number of rotatable bonds is 4. The number of hydrogen-bond acceptors (Lipinski definition) is 4. The Bertz CT molecular complexity index is 790. The van der Waals surface area contributed by atoms with Crippen molar-refractivity contribution in [2.24, 2.45) is 0 Å². The summed E-state index contributed by atoms with van der Waals surface area (Å²) in [5, 5.41) is 3.13. The van der Waals surface area contributed by atoms with Crippen LogP contribution in [-0.2, 0) is 9.53 Å². The molecule has 3 aliphatic rings. The molecule has 142 valence electrons. The summed E-state index contributed by atoms with van der Waals surface area (Å²) in [6, 6.07) is 0. The molecule has 5 heteroatoms. The number of carbonyl (C=O) groups is 1. The molecule has 0 aliphatic carbocycles. The fraction of sp³-hybridized carbons (Fsp3) is 0.318. The summed E-state index contributed by atoms with van der Waals surface area (Å²) in [5.74, 6) is -0.0803. The minimum absolute atomic E-state index is 0.0803. The van der Waals surface area contributed by atoms with Crippen molar-refractivity contribution >= 4 is 5.91 Å². The first-order chi connectivity index (χ1) is 13.0. The van der Waals surface area contributed by atoms with Crippen molar-refractivity contribution in [2.45, 2.75) is 13.8 Å². The highest BCUT2D eigenvalue weighted by Crippen LogP contribution is 2.25. The van der Waals surface area contributed by atoms with Crippen LogP contribution in [0.25, 0.3) is 0 Å². The van der Waals surface area contributed by atoms with Gasteiger partial charge in [0.15, 0.2) is 0 Å². The lowest BCUT2D eigenvalue weighted by atomic mass is 10.0. The quantitative estimate of drug-likeness (QED) is 0.778. The van der Waals surface area contributed by atoms with Gasteiger partial charge >= 0.3 is 0 Å². The summed E-state index contributed by atoms with van der Waals surface area (Å²) in [6.07, 6.45) is 15.7. The monoisotopic (exact) mass is 365 g/mol. The molecule has 0 aromatic rings. The molecule has 1 saturated heterocycles. The van der Waals surface area contributed by atoms with Crippen molar-refractivity contribution in [3.8, 4) is 0 Å². The lowest BCUT2D eigenvalue weighted by Gasteiger charge is -2.30. The number of amides is 1. The Labute approximate surface area is 161 Å². The van der Waals surface area contributed by atoms with Crippen LogP contribution >= 0.6 is 0 Å². The molecule has 5 nitrogen and oxygen atoms in total. The molecule has 1 N–H and O–H groups in total. The van der Waals surface area contributed by atoms with Crippen molar-refractivity contribution in [1.29, 1.82) is 0 Å². The highest BCUT2D eigenvalue weighted by atomic mass is 16.5. The highest BCUT2D eigenvalue weighted by molar-refractivity contribution is 5.91. The first kappa shape index (κ1) is 19.0. The van der Waals surface area contributed by atoms with E-state index in [1.807, 2.05) is 50.6 Å². The zero-order valence-electron chi connectivity index (χ0n) is 16.1. The van der Waals surface area contributed by atoms with Gasteiger partial charge in [0.2, 0.25) is 0 Å². The molecule has 1 amide bonds. The Morgan fingerprint density at radius 2 is 2.07 bits per heavy atom. The van der Waals surface area contributed by atoms with E-state index in [9.17, 15) is 4.79 Å². The molecule has 0 atom stereocenters. The SMILES string of the molecule is C=C1C(/C=C/C2=CCNC=C2)=CC(C)=CN1C(=O)/C=C(\C)N1CCOCC1. The molecule has 0 spiro atoms. The molecule has 3 rings (SSSR count). The second-order valence-electron chi connectivity index (χ2n) is 6.79. The normalized spacial score (nSPS) is 21.0. The first-order valence-corrected chi connectivity index (χ1v) is 9.26. The zero-order valence-corrected chi connectivity index (χ0v) is 16.1. The standard InChI is InChI=1S/C22H27N3O2/c1-17-14-21(5-4-20-6-8-23-9-7-20)19(3)25(16-17)22(26)15-18(2)24-10-12-27-13-11-24/h4-8,14-16,23H,3,9-13H2,1-2H3/b5-4+,18-15+. The Hall–Kier alpha value is -2.79. The fourth-order valence-corrected chi connectivity index (χ4v) is 3.16. The van der Waals surface area contributed by atoms with Crippen LogP contribution in [0.4, 0.5) is 0 Å². The molecule has 0 saturated carbocycles. The lowest BCUT2D eigenvalue weighted by Crippen LogP contribution is -2.35. The number of carbonyl (C=O) groups excluding carboxylic acids is 1. The highest BCUT2D eigenvalue weighted by Gasteiger charge is 2.20. The van der Waals surface area contributed by atoms with Crippen LogP contribution in [0, 0.1) is 0 Å². The van der Waals surface area contributed by atoms with Crippen LogP contribution < -0.4 is 5.32 Å². The third-order valence-electron chi connectivity index (χ3n) is 4.72. The van der Waals surface area contributed by atoms with Gasteiger partial charge in [-0.15, -0.1) is 0 Å². The third kappa shape index (κ3) is 4.89. The Morgan fingerprint density at radius 1 is 1.30 bits per heavy atom. The van der Waals surface area contributed by atoms with Gasteiger partial charge in [0, 0.05) is 43.3 Å². The van der Waals surface area contributed by atoms with Gasteiger partial charge in [0.25, 0.3) is 5.91 Å². The maximum absolute atomic E-state index is 12.9. The van der Waals surface area contributed by atoms with Gasteiger partial charge in [-0.1, -0.05) is 24.8 Å². The summed E-state index contributed by atoms with van der Waals surface area (Å²) < 4.78 is 5.38. The van der Waals surface area contributed by atoms with Crippen LogP contribution in [0.15, 0.2) is 83.5 Å².